The lowest BCUT2D eigenvalue weighted by Crippen LogP contribution is -2.22. The lowest BCUT2D eigenvalue weighted by molar-refractivity contribution is -0.136. The largest absolute Gasteiger partial charge is 0.481 e. The van der Waals surface area contributed by atoms with Crippen LogP contribution >= 0.6 is 0 Å². The van der Waals surface area contributed by atoms with Crippen molar-refractivity contribution in [3.05, 3.63) is 30.6 Å². The van der Waals surface area contributed by atoms with E-state index in [4.69, 9.17) is 5.11 Å². The van der Waals surface area contributed by atoms with Crippen LogP contribution in [0.25, 0.3) is 11.3 Å². The van der Waals surface area contributed by atoms with Gasteiger partial charge in [-0.3, -0.25) is 4.79 Å². The van der Waals surface area contributed by atoms with Crippen molar-refractivity contribution in [2.24, 2.45) is 0 Å². The normalized spacial score (nSPS) is 10.3. The molecule has 0 atom stereocenters. The van der Waals surface area contributed by atoms with Crippen molar-refractivity contribution in [3.8, 4) is 11.3 Å². The second-order valence-electron chi connectivity index (χ2n) is 3.94. The molecule has 0 bridgehead atoms. The van der Waals surface area contributed by atoms with E-state index < -0.39 is 5.97 Å². The summed E-state index contributed by atoms with van der Waals surface area (Å²) in [5.74, 6) is -0.158. The fraction of sp³-hybridized carbons (Fsp3) is 0.250. The van der Waals surface area contributed by atoms with Gasteiger partial charge in [0.15, 0.2) is 5.82 Å². The average molecular weight is 246 g/mol. The van der Waals surface area contributed by atoms with E-state index in [1.54, 1.807) is 11.9 Å². The standard InChI is InChI=1S/C12H14N4O2/c1-16(7-5-12(17)18)11-3-2-10(14-15-11)9-4-6-13-8-9/h2-4,6,8,13H,5,7H2,1H3,(H,17,18). The highest BCUT2D eigenvalue weighted by Crippen LogP contribution is 2.17. The predicted molar refractivity (Wildman–Crippen MR) is 67.3 cm³/mol. The highest BCUT2D eigenvalue weighted by molar-refractivity contribution is 5.67. The van der Waals surface area contributed by atoms with E-state index in [9.17, 15) is 4.79 Å². The molecule has 18 heavy (non-hydrogen) atoms. The highest BCUT2D eigenvalue weighted by atomic mass is 16.4. The second kappa shape index (κ2) is 5.31. The lowest BCUT2D eigenvalue weighted by atomic mass is 10.2. The van der Waals surface area contributed by atoms with Gasteiger partial charge in [0.2, 0.25) is 0 Å². The summed E-state index contributed by atoms with van der Waals surface area (Å²) in [4.78, 5) is 15.2. The molecule has 2 heterocycles. The predicted octanol–water partition coefficient (Wildman–Crippen LogP) is 1.38. The molecule has 2 aromatic heterocycles. The van der Waals surface area contributed by atoms with Crippen LogP contribution in [0.4, 0.5) is 5.82 Å². The van der Waals surface area contributed by atoms with Crippen LogP contribution in [0.5, 0.6) is 0 Å². The molecule has 6 nitrogen and oxygen atoms in total. The molecule has 0 radical (unpaired) electrons. The van der Waals surface area contributed by atoms with Crippen molar-refractivity contribution in [3.63, 3.8) is 0 Å². The number of H-pyrrole nitrogens is 1. The number of anilines is 1. The van der Waals surface area contributed by atoms with Crippen molar-refractivity contribution in [1.29, 1.82) is 0 Å². The van der Waals surface area contributed by atoms with Crippen LogP contribution < -0.4 is 4.90 Å². The zero-order valence-corrected chi connectivity index (χ0v) is 10.00. The minimum Gasteiger partial charge on any atom is -0.481 e. The van der Waals surface area contributed by atoms with Crippen LogP contribution in [-0.4, -0.2) is 39.8 Å². The van der Waals surface area contributed by atoms with E-state index >= 15 is 0 Å². The monoisotopic (exact) mass is 246 g/mol. The number of nitrogens with one attached hydrogen (secondary N) is 1. The van der Waals surface area contributed by atoms with Gasteiger partial charge >= 0.3 is 5.97 Å². The topological polar surface area (TPSA) is 82.1 Å². The number of carboxylic acids is 1. The summed E-state index contributed by atoms with van der Waals surface area (Å²) in [6, 6.07) is 5.61. The molecule has 0 aromatic carbocycles. The summed E-state index contributed by atoms with van der Waals surface area (Å²) in [7, 11) is 1.79. The van der Waals surface area contributed by atoms with Crippen LogP contribution in [0.3, 0.4) is 0 Å². The first-order chi connectivity index (χ1) is 8.66. The number of aliphatic carboxylic acids is 1. The first kappa shape index (κ1) is 12.1. The Morgan fingerprint density at radius 1 is 1.39 bits per heavy atom. The quantitative estimate of drug-likeness (QED) is 0.833. The molecule has 94 valence electrons. The molecule has 0 saturated carbocycles. The van der Waals surface area contributed by atoms with Crippen LogP contribution in [-0.2, 0) is 4.79 Å². The maximum atomic E-state index is 10.5. The summed E-state index contributed by atoms with van der Waals surface area (Å²) in [6.45, 7) is 0.410. The minimum absolute atomic E-state index is 0.0811. The zero-order chi connectivity index (χ0) is 13.0. The molecule has 2 N–H and O–H groups in total. The number of hydrogen-bond acceptors (Lipinski definition) is 4. The van der Waals surface area contributed by atoms with Crippen LogP contribution in [0, 0.1) is 0 Å². The molecule has 0 amide bonds. The summed E-state index contributed by atoms with van der Waals surface area (Å²) in [5.41, 5.74) is 1.76. The van der Waals surface area contributed by atoms with Gasteiger partial charge in [0, 0.05) is 31.5 Å². The van der Waals surface area contributed by atoms with E-state index in [0.717, 1.165) is 11.3 Å². The molecule has 0 aliphatic rings. The fourth-order valence-corrected chi connectivity index (χ4v) is 1.54. The first-order valence-electron chi connectivity index (χ1n) is 5.56. The van der Waals surface area contributed by atoms with Gasteiger partial charge in [-0.1, -0.05) is 0 Å². The van der Waals surface area contributed by atoms with Crippen LogP contribution in [0.1, 0.15) is 6.42 Å². The SMILES string of the molecule is CN(CCC(=O)O)c1ccc(-c2cc[nH]c2)nn1. The van der Waals surface area contributed by atoms with Crippen molar-refractivity contribution >= 4 is 11.8 Å². The summed E-state index contributed by atoms with van der Waals surface area (Å²) >= 11 is 0. The Morgan fingerprint density at radius 2 is 2.22 bits per heavy atom. The maximum absolute atomic E-state index is 10.5. The number of carboxylic acid groups (broad SMARTS) is 1. The van der Waals surface area contributed by atoms with Gasteiger partial charge in [-0.2, -0.15) is 0 Å². The molecule has 0 aliphatic heterocycles. The molecule has 0 saturated heterocycles. The van der Waals surface area contributed by atoms with Gasteiger partial charge in [0.1, 0.15) is 0 Å². The molecule has 2 aromatic rings. The molecule has 0 fully saturated rings. The van der Waals surface area contributed by atoms with Gasteiger partial charge < -0.3 is 15.0 Å². The van der Waals surface area contributed by atoms with E-state index in [1.807, 2.05) is 30.6 Å². The third kappa shape index (κ3) is 2.85. The summed E-state index contributed by atoms with van der Waals surface area (Å²) in [6.07, 6.45) is 3.75. The Kier molecular flexibility index (Phi) is 3.57. The summed E-state index contributed by atoms with van der Waals surface area (Å²) in [5, 5.41) is 16.8. The molecule has 0 spiro atoms. The van der Waals surface area contributed by atoms with E-state index in [0.29, 0.717) is 12.4 Å². The third-order valence-electron chi connectivity index (χ3n) is 2.60. The Balaban J connectivity index is 2.05. The number of aromatic nitrogens is 3. The number of carbonyl (C=O) groups is 1. The first-order valence-corrected chi connectivity index (χ1v) is 5.56. The molecular weight excluding hydrogens is 232 g/mol. The number of nitrogens with zero attached hydrogens (tertiary/aromatic N) is 3. The second-order valence-corrected chi connectivity index (χ2v) is 3.94. The van der Waals surface area contributed by atoms with Crippen molar-refractivity contribution in [1.82, 2.24) is 15.2 Å². The number of aromatic amines is 1. The number of hydrogen-bond donors (Lipinski definition) is 2. The van der Waals surface area contributed by atoms with Gasteiger partial charge in [-0.25, -0.2) is 0 Å². The van der Waals surface area contributed by atoms with Gasteiger partial charge in [0.05, 0.1) is 12.1 Å². The van der Waals surface area contributed by atoms with Crippen molar-refractivity contribution in [2.75, 3.05) is 18.5 Å². The van der Waals surface area contributed by atoms with E-state index in [-0.39, 0.29) is 6.42 Å². The third-order valence-corrected chi connectivity index (χ3v) is 2.60. The fourth-order valence-electron chi connectivity index (χ4n) is 1.54. The average Bonchev–Trinajstić information content (AvgIpc) is 2.90. The van der Waals surface area contributed by atoms with Crippen LogP contribution in [0.2, 0.25) is 0 Å². The van der Waals surface area contributed by atoms with Gasteiger partial charge in [-0.05, 0) is 18.2 Å². The molecule has 0 aliphatic carbocycles. The van der Waals surface area contributed by atoms with Crippen LogP contribution in [0.15, 0.2) is 30.6 Å². The molecule has 0 unspecified atom stereocenters. The molecule has 2 rings (SSSR count). The summed E-state index contributed by atoms with van der Waals surface area (Å²) < 4.78 is 0. The Morgan fingerprint density at radius 3 is 2.78 bits per heavy atom. The Bertz CT molecular complexity index is 507. The van der Waals surface area contributed by atoms with Gasteiger partial charge in [-0.15, -0.1) is 10.2 Å². The lowest BCUT2D eigenvalue weighted by Gasteiger charge is -2.16. The van der Waals surface area contributed by atoms with Crippen molar-refractivity contribution < 1.29 is 9.90 Å². The maximum Gasteiger partial charge on any atom is 0.305 e. The van der Waals surface area contributed by atoms with E-state index in [1.165, 1.54) is 0 Å². The Labute approximate surface area is 104 Å². The Hall–Kier alpha value is -2.37. The minimum atomic E-state index is -0.821. The van der Waals surface area contributed by atoms with E-state index in [2.05, 4.69) is 15.2 Å². The number of rotatable bonds is 5. The molecule has 6 heteroatoms. The van der Waals surface area contributed by atoms with Crippen molar-refractivity contribution in [2.45, 2.75) is 6.42 Å². The zero-order valence-electron chi connectivity index (χ0n) is 10.00. The highest BCUT2D eigenvalue weighted by Gasteiger charge is 2.07. The van der Waals surface area contributed by atoms with Gasteiger partial charge in [0.25, 0.3) is 0 Å². The smallest absolute Gasteiger partial charge is 0.305 e. The molecular formula is C12H14N4O2.